The van der Waals surface area contributed by atoms with Crippen molar-refractivity contribution < 1.29 is 8.42 Å². The maximum Gasteiger partial charge on any atom is 0.160 e. The van der Waals surface area contributed by atoms with E-state index in [9.17, 15) is 8.42 Å². The molecule has 0 amide bonds. The molecule has 52 valence electrons. The van der Waals surface area contributed by atoms with Crippen molar-refractivity contribution in [1.82, 2.24) is 0 Å². The van der Waals surface area contributed by atoms with E-state index in [1.165, 1.54) is 0 Å². The third-order valence-electron chi connectivity index (χ3n) is 1.51. The van der Waals surface area contributed by atoms with Crippen LogP contribution in [0.3, 0.4) is 0 Å². The molecule has 0 saturated carbocycles. The van der Waals surface area contributed by atoms with Crippen LogP contribution in [-0.4, -0.2) is 19.4 Å². The van der Waals surface area contributed by atoms with Crippen LogP contribution in [0.4, 0.5) is 0 Å². The van der Waals surface area contributed by atoms with Crippen LogP contribution in [0.5, 0.6) is 0 Å². The van der Waals surface area contributed by atoms with Crippen LogP contribution in [0.15, 0.2) is 11.6 Å². The van der Waals surface area contributed by atoms with E-state index in [-0.39, 0.29) is 11.0 Å². The van der Waals surface area contributed by atoms with Crippen LogP contribution in [0.25, 0.3) is 0 Å². The number of rotatable bonds is 0. The Hall–Kier alpha value is -0.310. The summed E-state index contributed by atoms with van der Waals surface area (Å²) < 4.78 is 21.8. The van der Waals surface area contributed by atoms with Crippen molar-refractivity contribution in [3.63, 3.8) is 0 Å². The molecule has 0 spiro atoms. The van der Waals surface area contributed by atoms with Crippen LogP contribution in [0.2, 0.25) is 0 Å². The topological polar surface area (TPSA) is 34.1 Å². The second-order valence-corrected chi connectivity index (χ2v) is 4.88. The molecule has 0 saturated heterocycles. The lowest BCUT2D eigenvalue weighted by atomic mass is 10.3. The van der Waals surface area contributed by atoms with Crippen LogP contribution < -0.4 is 0 Å². The lowest BCUT2D eigenvalue weighted by molar-refractivity contribution is 0.596. The molecular weight excluding hydrogens is 136 g/mol. The number of sulfone groups is 1. The molecule has 9 heavy (non-hydrogen) atoms. The van der Waals surface area contributed by atoms with Crippen LogP contribution in [0.1, 0.15) is 13.8 Å². The quantitative estimate of drug-likeness (QED) is 0.472. The Bertz CT molecular complexity index is 236. The molecule has 2 nitrogen and oxygen atoms in total. The van der Waals surface area contributed by atoms with Gasteiger partial charge in [-0.2, -0.15) is 0 Å². The van der Waals surface area contributed by atoms with Gasteiger partial charge in [0.15, 0.2) is 9.84 Å². The third-order valence-corrected chi connectivity index (χ3v) is 3.64. The fourth-order valence-corrected chi connectivity index (χ4v) is 2.43. The molecule has 0 radical (unpaired) electrons. The monoisotopic (exact) mass is 146 g/mol. The van der Waals surface area contributed by atoms with Crippen LogP contribution in [0, 0.1) is 0 Å². The van der Waals surface area contributed by atoms with Crippen molar-refractivity contribution in [3.8, 4) is 0 Å². The molecule has 1 rings (SSSR count). The van der Waals surface area contributed by atoms with E-state index in [1.54, 1.807) is 13.0 Å². The molecule has 0 aromatic rings. The first-order valence-corrected chi connectivity index (χ1v) is 4.63. The lowest BCUT2D eigenvalue weighted by Gasteiger charge is -1.96. The number of hydrogen-bond acceptors (Lipinski definition) is 2. The summed E-state index contributed by atoms with van der Waals surface area (Å²) in [5.41, 5.74) is 0.975. The minimum absolute atomic E-state index is 0.252. The van der Waals surface area contributed by atoms with Crippen molar-refractivity contribution in [3.05, 3.63) is 11.6 Å². The summed E-state index contributed by atoms with van der Waals surface area (Å²) >= 11 is 0. The average Bonchev–Trinajstić information content (AvgIpc) is 1.79. The summed E-state index contributed by atoms with van der Waals surface area (Å²) in [4.78, 5) is 0. The second-order valence-electron chi connectivity index (χ2n) is 2.53. The normalized spacial score (nSPS) is 32.2. The summed E-state index contributed by atoms with van der Waals surface area (Å²) in [6.45, 7) is 3.56. The van der Waals surface area contributed by atoms with Gasteiger partial charge in [0.05, 0.1) is 11.0 Å². The van der Waals surface area contributed by atoms with Gasteiger partial charge in [0.25, 0.3) is 0 Å². The standard InChI is InChI=1S/C6H10O2S/c1-5-3-6(2)9(7,8)4-5/h3,6H,4H2,1-2H3/t6-/m1/s1. The molecule has 1 heterocycles. The second kappa shape index (κ2) is 1.84. The van der Waals surface area contributed by atoms with E-state index >= 15 is 0 Å². The van der Waals surface area contributed by atoms with Crippen molar-refractivity contribution in [2.24, 2.45) is 0 Å². The SMILES string of the molecule is CC1=C[C@@H](C)S(=O)(=O)C1. The summed E-state index contributed by atoms with van der Waals surface area (Å²) in [5, 5.41) is -0.252. The predicted molar refractivity (Wildman–Crippen MR) is 37.0 cm³/mol. The van der Waals surface area contributed by atoms with E-state index < -0.39 is 9.84 Å². The maximum absolute atomic E-state index is 10.9. The first kappa shape index (κ1) is 6.81. The first-order valence-electron chi connectivity index (χ1n) is 2.91. The average molecular weight is 146 g/mol. The van der Waals surface area contributed by atoms with Crippen molar-refractivity contribution in [2.45, 2.75) is 19.1 Å². The molecule has 1 aliphatic rings. The molecule has 0 aromatic heterocycles. The Balaban J connectivity index is 2.98. The summed E-state index contributed by atoms with van der Waals surface area (Å²) in [5.74, 6) is 0.258. The zero-order valence-corrected chi connectivity index (χ0v) is 6.40. The van der Waals surface area contributed by atoms with E-state index in [2.05, 4.69) is 0 Å². The fourth-order valence-electron chi connectivity index (χ4n) is 1.00. The van der Waals surface area contributed by atoms with E-state index in [0.717, 1.165) is 5.57 Å². The molecular formula is C6H10O2S. The Kier molecular flexibility index (Phi) is 1.39. The molecule has 0 aliphatic carbocycles. The van der Waals surface area contributed by atoms with Gasteiger partial charge in [-0.3, -0.25) is 0 Å². The highest BCUT2D eigenvalue weighted by molar-refractivity contribution is 7.92. The van der Waals surface area contributed by atoms with Gasteiger partial charge in [-0.15, -0.1) is 0 Å². The van der Waals surface area contributed by atoms with Crippen LogP contribution >= 0.6 is 0 Å². The van der Waals surface area contributed by atoms with Crippen molar-refractivity contribution in [2.75, 3.05) is 5.75 Å². The minimum atomic E-state index is -2.77. The van der Waals surface area contributed by atoms with Gasteiger partial charge in [-0.25, -0.2) is 8.42 Å². The summed E-state index contributed by atoms with van der Waals surface area (Å²) in [6, 6.07) is 0. The Morgan fingerprint density at radius 1 is 1.67 bits per heavy atom. The molecule has 0 bridgehead atoms. The van der Waals surface area contributed by atoms with Crippen molar-refractivity contribution in [1.29, 1.82) is 0 Å². The molecule has 1 aliphatic heterocycles. The largest absolute Gasteiger partial charge is 0.228 e. The summed E-state index contributed by atoms with van der Waals surface area (Å²) in [6.07, 6.45) is 1.80. The molecule has 0 N–H and O–H groups in total. The Morgan fingerprint density at radius 3 is 2.33 bits per heavy atom. The highest BCUT2D eigenvalue weighted by atomic mass is 32.2. The van der Waals surface area contributed by atoms with Gasteiger partial charge in [0.1, 0.15) is 0 Å². The van der Waals surface area contributed by atoms with Gasteiger partial charge < -0.3 is 0 Å². The molecule has 0 fully saturated rings. The highest BCUT2D eigenvalue weighted by Crippen LogP contribution is 2.17. The highest BCUT2D eigenvalue weighted by Gasteiger charge is 2.24. The minimum Gasteiger partial charge on any atom is -0.228 e. The fraction of sp³-hybridized carbons (Fsp3) is 0.667. The Morgan fingerprint density at radius 2 is 2.22 bits per heavy atom. The zero-order chi connectivity index (χ0) is 7.07. The van der Waals surface area contributed by atoms with E-state index in [4.69, 9.17) is 0 Å². The van der Waals surface area contributed by atoms with Crippen molar-refractivity contribution >= 4 is 9.84 Å². The molecule has 1 atom stereocenters. The van der Waals surface area contributed by atoms with Gasteiger partial charge in [0.2, 0.25) is 0 Å². The Labute approximate surface area is 55.5 Å². The van der Waals surface area contributed by atoms with Gasteiger partial charge in [-0.05, 0) is 13.8 Å². The lowest BCUT2D eigenvalue weighted by Crippen LogP contribution is -2.11. The smallest absolute Gasteiger partial charge is 0.160 e. The molecule has 0 unspecified atom stereocenters. The van der Waals surface area contributed by atoms with Gasteiger partial charge in [-0.1, -0.05) is 11.6 Å². The summed E-state index contributed by atoms with van der Waals surface area (Å²) in [7, 11) is -2.77. The molecule has 3 heteroatoms. The van der Waals surface area contributed by atoms with E-state index in [0.29, 0.717) is 0 Å². The molecule has 0 aromatic carbocycles. The maximum atomic E-state index is 10.9. The van der Waals surface area contributed by atoms with Gasteiger partial charge in [0, 0.05) is 0 Å². The predicted octanol–water partition coefficient (Wildman–Crippen LogP) is 0.750. The third kappa shape index (κ3) is 1.15. The van der Waals surface area contributed by atoms with Gasteiger partial charge >= 0.3 is 0 Å². The first-order chi connectivity index (χ1) is 4.02. The van der Waals surface area contributed by atoms with Crippen LogP contribution in [-0.2, 0) is 9.84 Å². The zero-order valence-electron chi connectivity index (χ0n) is 5.59. The number of hydrogen-bond donors (Lipinski definition) is 0. The van der Waals surface area contributed by atoms with E-state index in [1.807, 2.05) is 6.92 Å².